The van der Waals surface area contributed by atoms with Crippen LogP contribution in [0, 0.1) is 11.8 Å². The van der Waals surface area contributed by atoms with Crippen LogP contribution in [-0.4, -0.2) is 57.1 Å². The average molecular weight is 379 g/mol. The molecule has 2 heterocycles. The highest BCUT2D eigenvalue weighted by atomic mass is 16.4. The van der Waals surface area contributed by atoms with Gasteiger partial charge in [0, 0.05) is 27.7 Å². The first-order valence-electron chi connectivity index (χ1n) is 10.4. The van der Waals surface area contributed by atoms with Crippen LogP contribution in [0.5, 0.6) is 0 Å². The number of allylic oxidation sites excluding steroid dienone is 1. The van der Waals surface area contributed by atoms with Gasteiger partial charge < -0.3 is 5.11 Å². The van der Waals surface area contributed by atoms with Gasteiger partial charge in [0.15, 0.2) is 0 Å². The van der Waals surface area contributed by atoms with Gasteiger partial charge in [-0.15, -0.1) is 0 Å². The number of likely N-dealkylation sites (tertiary alicyclic amines) is 2. The molecule has 156 valence electrons. The summed E-state index contributed by atoms with van der Waals surface area (Å²) in [7, 11) is 4.36. The third-order valence-electron chi connectivity index (χ3n) is 7.75. The summed E-state index contributed by atoms with van der Waals surface area (Å²) in [6, 6.07) is 0. The number of aliphatic carboxylic acids is 1. The van der Waals surface area contributed by atoms with E-state index in [2.05, 4.69) is 85.4 Å². The van der Waals surface area contributed by atoms with E-state index in [9.17, 15) is 9.90 Å². The molecule has 0 aromatic rings. The summed E-state index contributed by atoms with van der Waals surface area (Å²) in [6.45, 7) is 18.1. The molecule has 0 amide bonds. The monoisotopic (exact) mass is 378 g/mol. The highest BCUT2D eigenvalue weighted by molar-refractivity contribution is 5.87. The van der Waals surface area contributed by atoms with Gasteiger partial charge in [0.1, 0.15) is 0 Å². The van der Waals surface area contributed by atoms with Gasteiger partial charge in [0.25, 0.3) is 0 Å². The number of hydrogen-bond donors (Lipinski definition) is 1. The van der Waals surface area contributed by atoms with Gasteiger partial charge in [-0.05, 0) is 107 Å². The molecule has 2 aliphatic heterocycles. The lowest BCUT2D eigenvalue weighted by Crippen LogP contribution is -2.59. The molecule has 27 heavy (non-hydrogen) atoms. The fourth-order valence-corrected chi connectivity index (χ4v) is 5.79. The van der Waals surface area contributed by atoms with Crippen molar-refractivity contribution in [1.29, 1.82) is 0 Å². The SMILES string of the molecule is CN1C(C)(C)CC(C=C(C(=O)O)C2CC(C)(C)N(C)C(C)(C)C2)CC1(C)C. The number of nitrogens with zero attached hydrogens (tertiary/aromatic N) is 2. The number of rotatable bonds is 3. The molecule has 2 saturated heterocycles. The summed E-state index contributed by atoms with van der Waals surface area (Å²) in [5.41, 5.74) is 0.763. The van der Waals surface area contributed by atoms with Crippen LogP contribution < -0.4 is 0 Å². The fourth-order valence-electron chi connectivity index (χ4n) is 5.79. The molecule has 2 aliphatic rings. The zero-order chi connectivity index (χ0) is 21.0. The topological polar surface area (TPSA) is 43.8 Å². The minimum absolute atomic E-state index is 0.00766. The zero-order valence-electron chi connectivity index (χ0n) is 19.3. The first-order valence-corrected chi connectivity index (χ1v) is 10.4. The van der Waals surface area contributed by atoms with Crippen molar-refractivity contribution in [2.24, 2.45) is 11.8 Å². The van der Waals surface area contributed by atoms with Crippen molar-refractivity contribution in [2.45, 2.75) is 103 Å². The molecule has 4 heteroatoms. The molecule has 0 aromatic heterocycles. The van der Waals surface area contributed by atoms with Crippen LogP contribution in [0.1, 0.15) is 81.1 Å². The summed E-state index contributed by atoms with van der Waals surface area (Å²) in [5.74, 6) is -0.316. The maximum Gasteiger partial charge on any atom is 0.331 e. The molecule has 0 bridgehead atoms. The summed E-state index contributed by atoms with van der Waals surface area (Å²) >= 11 is 0. The first kappa shape index (κ1) is 22.4. The fraction of sp³-hybridized carbons (Fsp3) is 0.870. The number of hydrogen-bond acceptors (Lipinski definition) is 3. The Morgan fingerprint density at radius 1 is 0.778 bits per heavy atom. The molecule has 0 spiro atoms. The smallest absolute Gasteiger partial charge is 0.331 e. The van der Waals surface area contributed by atoms with Crippen LogP contribution >= 0.6 is 0 Å². The Labute approximate surface area is 167 Å². The van der Waals surface area contributed by atoms with Crippen LogP contribution in [0.25, 0.3) is 0 Å². The van der Waals surface area contributed by atoms with Crippen molar-refractivity contribution < 1.29 is 9.90 Å². The second kappa shape index (κ2) is 6.88. The quantitative estimate of drug-likeness (QED) is 0.717. The van der Waals surface area contributed by atoms with E-state index in [0.717, 1.165) is 25.7 Å². The van der Waals surface area contributed by atoms with Crippen molar-refractivity contribution in [1.82, 2.24) is 9.80 Å². The van der Waals surface area contributed by atoms with Crippen LogP contribution in [0.3, 0.4) is 0 Å². The standard InChI is InChI=1S/C23H42N2O2/c1-20(2)12-16(13-21(3,4)24(20)9)11-18(19(26)27)17-14-22(5,6)25(10)23(7,8)15-17/h11,16-17H,12-15H2,1-10H3,(H,26,27). The molecular formula is C23H42N2O2. The van der Waals surface area contributed by atoms with Crippen molar-refractivity contribution >= 4 is 5.97 Å². The largest absolute Gasteiger partial charge is 0.478 e. The Morgan fingerprint density at radius 2 is 1.11 bits per heavy atom. The van der Waals surface area contributed by atoms with E-state index in [4.69, 9.17) is 0 Å². The molecular weight excluding hydrogens is 336 g/mol. The Hall–Kier alpha value is -0.870. The number of carboxylic acid groups (broad SMARTS) is 1. The van der Waals surface area contributed by atoms with E-state index in [-0.39, 0.29) is 28.1 Å². The molecule has 2 rings (SSSR count). The second-order valence-corrected chi connectivity index (χ2v) is 11.6. The Kier molecular flexibility index (Phi) is 5.71. The number of carbonyl (C=O) groups is 1. The molecule has 2 fully saturated rings. The maximum atomic E-state index is 12.3. The molecule has 0 unspecified atom stereocenters. The van der Waals surface area contributed by atoms with Crippen LogP contribution in [0.15, 0.2) is 11.6 Å². The highest BCUT2D eigenvalue weighted by Crippen LogP contribution is 2.45. The van der Waals surface area contributed by atoms with E-state index >= 15 is 0 Å². The lowest BCUT2D eigenvalue weighted by atomic mass is 9.69. The lowest BCUT2D eigenvalue weighted by Gasteiger charge is -2.54. The summed E-state index contributed by atoms with van der Waals surface area (Å²) in [4.78, 5) is 17.1. The van der Waals surface area contributed by atoms with Gasteiger partial charge in [-0.2, -0.15) is 0 Å². The summed E-state index contributed by atoms with van der Waals surface area (Å²) in [5, 5.41) is 10.1. The van der Waals surface area contributed by atoms with Gasteiger partial charge in [-0.25, -0.2) is 4.79 Å². The van der Waals surface area contributed by atoms with Gasteiger partial charge in [-0.1, -0.05) is 6.08 Å². The van der Waals surface area contributed by atoms with Crippen LogP contribution in [0.2, 0.25) is 0 Å². The van der Waals surface area contributed by atoms with E-state index in [1.165, 1.54) is 0 Å². The van der Waals surface area contributed by atoms with Crippen molar-refractivity contribution in [3.05, 3.63) is 11.6 Å². The highest BCUT2D eigenvalue weighted by Gasteiger charge is 2.46. The van der Waals surface area contributed by atoms with E-state index < -0.39 is 5.97 Å². The minimum Gasteiger partial charge on any atom is -0.478 e. The molecule has 1 N–H and O–H groups in total. The molecule has 0 aromatic carbocycles. The van der Waals surface area contributed by atoms with Gasteiger partial charge in [-0.3, -0.25) is 9.80 Å². The average Bonchev–Trinajstić information content (AvgIpc) is 2.46. The predicted molar refractivity (Wildman–Crippen MR) is 113 cm³/mol. The number of piperidine rings is 2. The summed E-state index contributed by atoms with van der Waals surface area (Å²) in [6.07, 6.45) is 5.92. The van der Waals surface area contributed by atoms with Gasteiger partial charge in [0.05, 0.1) is 0 Å². The molecule has 0 atom stereocenters. The van der Waals surface area contributed by atoms with Crippen molar-refractivity contribution in [3.63, 3.8) is 0 Å². The normalized spacial score (nSPS) is 29.6. The minimum atomic E-state index is -0.731. The zero-order valence-corrected chi connectivity index (χ0v) is 19.3. The van der Waals surface area contributed by atoms with E-state index in [0.29, 0.717) is 11.5 Å². The number of carboxylic acids is 1. The molecule has 0 radical (unpaired) electrons. The second-order valence-electron chi connectivity index (χ2n) is 11.6. The third kappa shape index (κ3) is 4.42. The van der Waals surface area contributed by atoms with Crippen molar-refractivity contribution in [3.8, 4) is 0 Å². The Morgan fingerprint density at radius 3 is 1.44 bits per heavy atom. The molecule has 0 aliphatic carbocycles. The van der Waals surface area contributed by atoms with Gasteiger partial charge >= 0.3 is 5.97 Å². The Bertz CT molecular complexity index is 580. The maximum absolute atomic E-state index is 12.3. The summed E-state index contributed by atoms with van der Waals surface area (Å²) < 4.78 is 0. The van der Waals surface area contributed by atoms with Gasteiger partial charge in [0.2, 0.25) is 0 Å². The van der Waals surface area contributed by atoms with E-state index in [1.807, 2.05) is 0 Å². The Balaban J connectivity index is 2.36. The lowest BCUT2D eigenvalue weighted by molar-refractivity contribution is -0.134. The van der Waals surface area contributed by atoms with E-state index in [1.54, 1.807) is 0 Å². The predicted octanol–water partition coefficient (Wildman–Crippen LogP) is 4.80. The molecule has 4 nitrogen and oxygen atoms in total. The van der Waals surface area contributed by atoms with Crippen LogP contribution in [-0.2, 0) is 4.79 Å². The first-order chi connectivity index (χ1) is 12.0. The molecule has 0 saturated carbocycles. The van der Waals surface area contributed by atoms with Crippen molar-refractivity contribution in [2.75, 3.05) is 14.1 Å². The third-order valence-corrected chi connectivity index (χ3v) is 7.75. The van der Waals surface area contributed by atoms with Crippen LogP contribution in [0.4, 0.5) is 0 Å².